The molecule has 138 valence electrons. The van der Waals surface area contributed by atoms with Gasteiger partial charge in [-0.1, -0.05) is 0 Å². The van der Waals surface area contributed by atoms with E-state index >= 15 is 0 Å². The number of hydrogen-bond acceptors (Lipinski definition) is 4. The zero-order valence-corrected chi connectivity index (χ0v) is 14.9. The quantitative estimate of drug-likeness (QED) is 0.856. The van der Waals surface area contributed by atoms with Crippen LogP contribution in [0.2, 0.25) is 0 Å². The molecule has 0 saturated carbocycles. The molecule has 0 aromatic heterocycles. The molecule has 0 bridgehead atoms. The number of nitrogens with zero attached hydrogens (tertiary/aromatic N) is 2. The Morgan fingerprint density at radius 3 is 2.64 bits per heavy atom. The predicted octanol–water partition coefficient (Wildman–Crippen LogP) is 0.972. The summed E-state index contributed by atoms with van der Waals surface area (Å²) < 4.78 is 46.5. The molecule has 25 heavy (non-hydrogen) atoms. The Morgan fingerprint density at radius 1 is 1.24 bits per heavy atom. The molecule has 1 aromatic carbocycles. The van der Waals surface area contributed by atoms with Gasteiger partial charge >= 0.3 is 0 Å². The van der Waals surface area contributed by atoms with Crippen LogP contribution in [-0.4, -0.2) is 62.3 Å². The first-order valence-corrected chi connectivity index (χ1v) is 9.67. The third kappa shape index (κ3) is 4.00. The van der Waals surface area contributed by atoms with Crippen molar-refractivity contribution in [1.29, 1.82) is 0 Å². The number of morpholine rings is 1. The molecule has 0 aliphatic carbocycles. The summed E-state index contributed by atoms with van der Waals surface area (Å²) in [5.41, 5.74) is 0.958. The van der Waals surface area contributed by atoms with Gasteiger partial charge in [0.25, 0.3) is 10.2 Å². The molecule has 1 amide bonds. The van der Waals surface area contributed by atoms with E-state index in [0.717, 1.165) is 0 Å². The summed E-state index contributed by atoms with van der Waals surface area (Å²) in [5, 5.41) is 2.74. The molecule has 2 heterocycles. The van der Waals surface area contributed by atoms with Crippen molar-refractivity contribution in [2.75, 3.05) is 44.7 Å². The summed E-state index contributed by atoms with van der Waals surface area (Å²) in [5.74, 6) is -0.992. The Balaban J connectivity index is 1.61. The van der Waals surface area contributed by atoms with E-state index in [9.17, 15) is 17.6 Å². The third-order valence-electron chi connectivity index (χ3n) is 4.57. The van der Waals surface area contributed by atoms with Gasteiger partial charge < -0.3 is 10.1 Å². The van der Waals surface area contributed by atoms with Crippen molar-refractivity contribution in [3.8, 4) is 0 Å². The zero-order valence-electron chi connectivity index (χ0n) is 14.1. The molecule has 1 atom stereocenters. The molecule has 7 nitrogen and oxygen atoms in total. The highest BCUT2D eigenvalue weighted by Crippen LogP contribution is 2.24. The van der Waals surface area contributed by atoms with Crippen molar-refractivity contribution in [2.24, 2.45) is 5.92 Å². The second-order valence-electron chi connectivity index (χ2n) is 6.32. The van der Waals surface area contributed by atoms with Gasteiger partial charge in [0.1, 0.15) is 5.82 Å². The average molecular weight is 371 g/mol. The zero-order chi connectivity index (χ0) is 18.0. The van der Waals surface area contributed by atoms with Crippen LogP contribution in [0.25, 0.3) is 0 Å². The summed E-state index contributed by atoms with van der Waals surface area (Å²) >= 11 is 0. The molecule has 3 rings (SSSR count). The number of hydrogen-bond donors (Lipinski definition) is 1. The van der Waals surface area contributed by atoms with Gasteiger partial charge in [0, 0.05) is 31.9 Å². The van der Waals surface area contributed by atoms with E-state index in [1.165, 1.54) is 20.7 Å². The average Bonchev–Trinajstić information content (AvgIpc) is 3.10. The molecule has 0 radical (unpaired) electrons. The van der Waals surface area contributed by atoms with Crippen LogP contribution in [0.1, 0.15) is 12.0 Å². The number of rotatable bonds is 4. The van der Waals surface area contributed by atoms with Gasteiger partial charge in [-0.3, -0.25) is 4.79 Å². The Labute approximate surface area is 146 Å². The lowest BCUT2D eigenvalue weighted by molar-refractivity contribution is -0.119. The van der Waals surface area contributed by atoms with E-state index in [-0.39, 0.29) is 18.3 Å². The van der Waals surface area contributed by atoms with Gasteiger partial charge in [-0.2, -0.15) is 17.0 Å². The van der Waals surface area contributed by atoms with Gasteiger partial charge in [0.05, 0.1) is 19.1 Å². The Bertz CT molecular complexity index is 750. The van der Waals surface area contributed by atoms with E-state index in [1.807, 2.05) is 0 Å². The van der Waals surface area contributed by atoms with Crippen LogP contribution < -0.4 is 5.32 Å². The van der Waals surface area contributed by atoms with Gasteiger partial charge in [0.15, 0.2) is 0 Å². The van der Waals surface area contributed by atoms with Crippen LogP contribution in [-0.2, 0) is 19.7 Å². The summed E-state index contributed by atoms with van der Waals surface area (Å²) in [7, 11) is -3.56. The number of carbonyl (C=O) groups is 1. The van der Waals surface area contributed by atoms with E-state index < -0.39 is 16.1 Å². The first kappa shape index (κ1) is 18.2. The second-order valence-corrected chi connectivity index (χ2v) is 8.24. The highest BCUT2D eigenvalue weighted by atomic mass is 32.2. The maximum Gasteiger partial charge on any atom is 0.282 e. The highest BCUT2D eigenvalue weighted by molar-refractivity contribution is 7.86. The van der Waals surface area contributed by atoms with Crippen LogP contribution >= 0.6 is 0 Å². The largest absolute Gasteiger partial charge is 0.379 e. The standard InChI is InChI=1S/C16H22FN3O4S/c1-12-10-14(2-3-15(12)17)18-16(21)13-4-5-20(11-13)25(22,23)19-6-8-24-9-7-19/h2-3,10,13H,4-9,11H2,1H3,(H,18,21)/t13-/m0/s1. The normalized spacial score (nSPS) is 22.9. The number of amides is 1. The molecular weight excluding hydrogens is 349 g/mol. The Morgan fingerprint density at radius 2 is 1.96 bits per heavy atom. The number of aryl methyl sites for hydroxylation is 1. The number of ether oxygens (including phenoxy) is 1. The lowest BCUT2D eigenvalue weighted by Gasteiger charge is -2.30. The van der Waals surface area contributed by atoms with E-state index in [4.69, 9.17) is 4.74 Å². The molecule has 2 fully saturated rings. The molecule has 1 N–H and O–H groups in total. The molecule has 2 aliphatic heterocycles. The summed E-state index contributed by atoms with van der Waals surface area (Å²) in [4.78, 5) is 12.4. The highest BCUT2D eigenvalue weighted by Gasteiger charge is 2.38. The minimum atomic E-state index is -3.56. The number of benzene rings is 1. The van der Waals surface area contributed by atoms with Gasteiger partial charge in [-0.15, -0.1) is 0 Å². The maximum absolute atomic E-state index is 13.3. The number of anilines is 1. The molecule has 0 unspecified atom stereocenters. The lowest BCUT2D eigenvalue weighted by atomic mass is 10.1. The Kier molecular flexibility index (Phi) is 5.38. The third-order valence-corrected chi connectivity index (χ3v) is 6.57. The number of carbonyl (C=O) groups excluding carboxylic acids is 1. The summed E-state index contributed by atoms with van der Waals surface area (Å²) in [6, 6.07) is 4.36. The summed E-state index contributed by atoms with van der Waals surface area (Å²) in [6.45, 7) is 3.56. The minimum absolute atomic E-state index is 0.158. The van der Waals surface area contributed by atoms with Gasteiger partial charge in [-0.05, 0) is 37.1 Å². The molecular formula is C16H22FN3O4S. The first-order valence-electron chi connectivity index (χ1n) is 8.28. The fourth-order valence-corrected chi connectivity index (χ4v) is 4.70. The summed E-state index contributed by atoms with van der Waals surface area (Å²) in [6.07, 6.45) is 0.468. The van der Waals surface area contributed by atoms with Crippen molar-refractivity contribution in [2.45, 2.75) is 13.3 Å². The van der Waals surface area contributed by atoms with Gasteiger partial charge in [-0.25, -0.2) is 4.39 Å². The molecule has 0 spiro atoms. The van der Waals surface area contributed by atoms with Crippen LogP contribution in [0.3, 0.4) is 0 Å². The van der Waals surface area contributed by atoms with Gasteiger partial charge in [0.2, 0.25) is 5.91 Å². The molecule has 2 aliphatic rings. The maximum atomic E-state index is 13.3. The van der Waals surface area contributed by atoms with Crippen LogP contribution in [0, 0.1) is 18.7 Å². The second kappa shape index (κ2) is 7.36. The fraction of sp³-hybridized carbons (Fsp3) is 0.562. The van der Waals surface area contributed by atoms with Crippen molar-refractivity contribution in [3.63, 3.8) is 0 Å². The predicted molar refractivity (Wildman–Crippen MR) is 90.8 cm³/mol. The topological polar surface area (TPSA) is 79.0 Å². The van der Waals surface area contributed by atoms with Crippen molar-refractivity contribution in [3.05, 3.63) is 29.6 Å². The smallest absolute Gasteiger partial charge is 0.282 e. The SMILES string of the molecule is Cc1cc(NC(=O)[C@H]2CCN(S(=O)(=O)N3CCOCC3)C2)ccc1F. The molecule has 1 aromatic rings. The first-order chi connectivity index (χ1) is 11.9. The minimum Gasteiger partial charge on any atom is -0.379 e. The monoisotopic (exact) mass is 371 g/mol. The van der Waals surface area contributed by atoms with Crippen molar-refractivity contribution < 1.29 is 22.3 Å². The fourth-order valence-electron chi connectivity index (χ4n) is 3.06. The molecule has 2 saturated heterocycles. The van der Waals surface area contributed by atoms with Crippen molar-refractivity contribution >= 4 is 21.8 Å². The lowest BCUT2D eigenvalue weighted by Crippen LogP contribution is -2.48. The van der Waals surface area contributed by atoms with Crippen LogP contribution in [0.5, 0.6) is 0 Å². The molecule has 9 heteroatoms. The van der Waals surface area contributed by atoms with Crippen molar-refractivity contribution in [1.82, 2.24) is 8.61 Å². The number of nitrogens with one attached hydrogen (secondary N) is 1. The van der Waals surface area contributed by atoms with Crippen LogP contribution in [0.15, 0.2) is 18.2 Å². The van der Waals surface area contributed by atoms with E-state index in [2.05, 4.69) is 5.32 Å². The van der Waals surface area contributed by atoms with E-state index in [1.54, 1.807) is 13.0 Å². The Hall–Kier alpha value is -1.55. The number of halogens is 1. The van der Waals surface area contributed by atoms with Crippen LogP contribution in [0.4, 0.5) is 10.1 Å². The van der Waals surface area contributed by atoms with E-state index in [0.29, 0.717) is 50.5 Å².